The lowest BCUT2D eigenvalue weighted by atomic mass is 9.91. The van der Waals surface area contributed by atoms with Crippen molar-refractivity contribution in [3.8, 4) is 5.75 Å². The maximum atomic E-state index is 12.9. The summed E-state index contributed by atoms with van der Waals surface area (Å²) in [5, 5.41) is 14.8. The van der Waals surface area contributed by atoms with E-state index in [0.717, 1.165) is 45.6 Å². The van der Waals surface area contributed by atoms with Crippen molar-refractivity contribution in [1.82, 2.24) is 20.2 Å². The fraction of sp³-hybridized carbons (Fsp3) is 0.280. The number of hydrogen-bond donors (Lipinski definition) is 3. The Hall–Kier alpha value is -3.94. The molecule has 2 atom stereocenters. The number of amides is 1. The van der Waals surface area contributed by atoms with Gasteiger partial charge in [0.1, 0.15) is 11.6 Å². The number of methoxy groups -OCH3 is 1. The van der Waals surface area contributed by atoms with Crippen LogP contribution in [0.3, 0.4) is 0 Å². The van der Waals surface area contributed by atoms with Crippen molar-refractivity contribution in [3.05, 3.63) is 65.6 Å². The predicted molar refractivity (Wildman–Crippen MR) is 126 cm³/mol. The van der Waals surface area contributed by atoms with Crippen molar-refractivity contribution in [1.29, 1.82) is 0 Å². The number of fused-ring (bicyclic) bond motifs is 3. The summed E-state index contributed by atoms with van der Waals surface area (Å²) in [6.45, 7) is 4.17. The van der Waals surface area contributed by atoms with E-state index in [9.17, 15) is 4.79 Å². The molecule has 1 spiro atoms. The highest BCUT2D eigenvalue weighted by atomic mass is 16.5. The minimum Gasteiger partial charge on any atom is -0.497 e. The van der Waals surface area contributed by atoms with Crippen molar-refractivity contribution in [2.45, 2.75) is 37.5 Å². The number of carbonyl (C=O) groups is 1. The standard InChI is InChI=1S/C25H24N6O2/c1-13(2)21-11-26-12-22(27-21)29-23-16-6-4-14(8-20(16)30-31-23)18-10-25(18)17-9-15(33-3)5-7-19(17)28-24(25)32/h4-9,11-13,18H,10H2,1-3H3,(H,28,32)(H2,27,29,30,31)/t18-,25-/m0/s1. The molecule has 1 amide bonds. The summed E-state index contributed by atoms with van der Waals surface area (Å²) in [6.07, 6.45) is 4.25. The topological polar surface area (TPSA) is 105 Å². The van der Waals surface area contributed by atoms with E-state index in [1.54, 1.807) is 19.5 Å². The van der Waals surface area contributed by atoms with Crippen LogP contribution in [0.25, 0.3) is 10.9 Å². The number of aromatic nitrogens is 4. The molecule has 0 radical (unpaired) electrons. The highest BCUT2D eigenvalue weighted by Gasteiger charge is 2.65. The molecule has 8 nitrogen and oxygen atoms in total. The van der Waals surface area contributed by atoms with E-state index in [1.165, 1.54) is 0 Å². The van der Waals surface area contributed by atoms with Gasteiger partial charge in [0.15, 0.2) is 5.82 Å². The fourth-order valence-corrected chi connectivity index (χ4v) is 4.89. The average Bonchev–Trinajstić information content (AvgIpc) is 3.38. The predicted octanol–water partition coefficient (Wildman–Crippen LogP) is 4.61. The summed E-state index contributed by atoms with van der Waals surface area (Å²) in [4.78, 5) is 21.9. The Bertz CT molecular complexity index is 1410. The Labute approximate surface area is 190 Å². The average molecular weight is 441 g/mol. The lowest BCUT2D eigenvalue weighted by Gasteiger charge is -2.10. The normalized spacial score (nSPS) is 20.8. The monoisotopic (exact) mass is 440 g/mol. The minimum absolute atomic E-state index is 0.0615. The second kappa shape index (κ2) is 7.03. The van der Waals surface area contributed by atoms with E-state index in [4.69, 9.17) is 4.74 Å². The van der Waals surface area contributed by atoms with Crippen LogP contribution in [0, 0.1) is 0 Å². The molecule has 8 heteroatoms. The van der Waals surface area contributed by atoms with E-state index in [-0.39, 0.29) is 11.8 Å². The van der Waals surface area contributed by atoms with Gasteiger partial charge in [-0.05, 0) is 53.8 Å². The Morgan fingerprint density at radius 2 is 2.06 bits per heavy atom. The third kappa shape index (κ3) is 2.97. The lowest BCUT2D eigenvalue weighted by molar-refractivity contribution is -0.118. The second-order valence-electron chi connectivity index (χ2n) is 9.08. The van der Waals surface area contributed by atoms with Gasteiger partial charge in [0.05, 0.1) is 29.9 Å². The van der Waals surface area contributed by atoms with Gasteiger partial charge in [-0.3, -0.25) is 14.9 Å². The molecule has 1 saturated carbocycles. The van der Waals surface area contributed by atoms with E-state index in [1.807, 2.05) is 24.3 Å². The smallest absolute Gasteiger partial charge is 0.235 e. The molecular weight excluding hydrogens is 416 g/mol. The van der Waals surface area contributed by atoms with Gasteiger partial charge in [-0.15, -0.1) is 0 Å². The first-order chi connectivity index (χ1) is 16.0. The number of aromatic amines is 1. The number of benzene rings is 2. The number of ether oxygens (including phenoxy) is 1. The molecule has 3 N–H and O–H groups in total. The molecule has 33 heavy (non-hydrogen) atoms. The largest absolute Gasteiger partial charge is 0.497 e. The molecule has 3 heterocycles. The number of anilines is 3. The van der Waals surface area contributed by atoms with Crippen molar-refractivity contribution >= 4 is 34.1 Å². The van der Waals surface area contributed by atoms with Crippen LogP contribution in [0.5, 0.6) is 5.75 Å². The van der Waals surface area contributed by atoms with Gasteiger partial charge in [-0.1, -0.05) is 19.9 Å². The number of carbonyl (C=O) groups excluding carboxylic acids is 1. The zero-order chi connectivity index (χ0) is 22.7. The summed E-state index contributed by atoms with van der Waals surface area (Å²) in [6, 6.07) is 12.0. The zero-order valence-corrected chi connectivity index (χ0v) is 18.6. The number of rotatable bonds is 5. The molecule has 166 valence electrons. The summed E-state index contributed by atoms with van der Waals surface area (Å²) >= 11 is 0. The molecule has 4 aromatic rings. The lowest BCUT2D eigenvalue weighted by Crippen LogP contribution is -2.21. The minimum atomic E-state index is -0.522. The van der Waals surface area contributed by atoms with Crippen LogP contribution in [-0.2, 0) is 10.2 Å². The van der Waals surface area contributed by atoms with Crippen LogP contribution < -0.4 is 15.4 Å². The Kier molecular flexibility index (Phi) is 4.20. The van der Waals surface area contributed by atoms with Crippen LogP contribution in [0.2, 0.25) is 0 Å². The molecule has 2 aromatic heterocycles. The molecule has 0 saturated heterocycles. The second-order valence-corrected chi connectivity index (χ2v) is 9.08. The zero-order valence-electron chi connectivity index (χ0n) is 18.6. The van der Waals surface area contributed by atoms with Crippen LogP contribution in [0.1, 0.15) is 48.9 Å². The summed E-state index contributed by atoms with van der Waals surface area (Å²) < 4.78 is 5.40. The van der Waals surface area contributed by atoms with E-state index < -0.39 is 5.41 Å². The maximum absolute atomic E-state index is 12.9. The van der Waals surface area contributed by atoms with Gasteiger partial charge in [0.2, 0.25) is 5.91 Å². The highest BCUT2D eigenvalue weighted by molar-refractivity contribution is 6.10. The van der Waals surface area contributed by atoms with Gasteiger partial charge >= 0.3 is 0 Å². The van der Waals surface area contributed by atoms with Crippen LogP contribution in [0.15, 0.2) is 48.8 Å². The first-order valence-electron chi connectivity index (χ1n) is 11.1. The van der Waals surface area contributed by atoms with Crippen molar-refractivity contribution in [2.75, 3.05) is 17.7 Å². The summed E-state index contributed by atoms with van der Waals surface area (Å²) in [7, 11) is 1.64. The van der Waals surface area contributed by atoms with Gasteiger partial charge in [-0.25, -0.2) is 4.98 Å². The maximum Gasteiger partial charge on any atom is 0.235 e. The van der Waals surface area contributed by atoms with Gasteiger partial charge in [-0.2, -0.15) is 5.10 Å². The van der Waals surface area contributed by atoms with Crippen LogP contribution in [0.4, 0.5) is 17.3 Å². The molecule has 6 rings (SSSR count). The SMILES string of the molecule is COc1ccc2c(c1)[C@]1(C[C@H]1c1ccc3c(Nc4cncc(C(C)C)n4)n[nH]c3c1)C(=O)N2. The molecule has 1 fully saturated rings. The molecule has 2 aromatic carbocycles. The third-order valence-electron chi connectivity index (χ3n) is 6.80. The fourth-order valence-electron chi connectivity index (χ4n) is 4.89. The first-order valence-corrected chi connectivity index (χ1v) is 11.1. The van der Waals surface area contributed by atoms with Gasteiger partial charge in [0.25, 0.3) is 0 Å². The van der Waals surface area contributed by atoms with E-state index in [2.05, 4.69) is 56.8 Å². The first kappa shape index (κ1) is 19.7. The number of nitrogens with zero attached hydrogens (tertiary/aromatic N) is 3. The molecule has 0 unspecified atom stereocenters. The Morgan fingerprint density at radius 1 is 1.18 bits per heavy atom. The van der Waals surface area contributed by atoms with Crippen LogP contribution in [-0.4, -0.2) is 33.2 Å². The van der Waals surface area contributed by atoms with Crippen molar-refractivity contribution in [3.63, 3.8) is 0 Å². The summed E-state index contributed by atoms with van der Waals surface area (Å²) in [5.41, 5.74) is 4.33. The van der Waals surface area contributed by atoms with Crippen LogP contribution >= 0.6 is 0 Å². The highest BCUT2D eigenvalue weighted by Crippen LogP contribution is 2.65. The Balaban J connectivity index is 1.30. The van der Waals surface area contributed by atoms with Gasteiger partial charge < -0.3 is 15.4 Å². The number of nitrogens with one attached hydrogen (secondary N) is 3. The van der Waals surface area contributed by atoms with E-state index in [0.29, 0.717) is 17.6 Å². The molecule has 0 bridgehead atoms. The molecule has 2 aliphatic rings. The third-order valence-corrected chi connectivity index (χ3v) is 6.80. The molecule has 1 aliphatic carbocycles. The Morgan fingerprint density at radius 3 is 2.88 bits per heavy atom. The number of H-pyrrole nitrogens is 1. The molecular formula is C25H24N6O2. The van der Waals surface area contributed by atoms with Crippen molar-refractivity contribution < 1.29 is 9.53 Å². The molecule has 1 aliphatic heterocycles. The van der Waals surface area contributed by atoms with E-state index >= 15 is 0 Å². The van der Waals surface area contributed by atoms with Gasteiger partial charge in [0, 0.05) is 23.2 Å². The quantitative estimate of drug-likeness (QED) is 0.419. The van der Waals surface area contributed by atoms with Crippen molar-refractivity contribution in [2.24, 2.45) is 0 Å². The summed E-state index contributed by atoms with van der Waals surface area (Å²) in [5.74, 6) is 2.59. The number of hydrogen-bond acceptors (Lipinski definition) is 6.